The number of hydrogen-bond donors (Lipinski definition) is 0. The van der Waals surface area contributed by atoms with E-state index in [0.717, 1.165) is 32.4 Å². The van der Waals surface area contributed by atoms with Crippen molar-refractivity contribution in [1.29, 1.82) is 0 Å². The lowest BCUT2D eigenvalue weighted by atomic mass is 9.90. The number of rotatable bonds is 7. The molecule has 3 aromatic rings. The van der Waals surface area contributed by atoms with Crippen molar-refractivity contribution >= 4 is 40.2 Å². The van der Waals surface area contributed by atoms with Gasteiger partial charge < -0.3 is 4.90 Å². The molecule has 0 bridgehead atoms. The molecule has 1 amide bonds. The summed E-state index contributed by atoms with van der Waals surface area (Å²) in [5, 5.41) is 1.67. The quantitative estimate of drug-likeness (QED) is 0.339. The molecular formula is C26H30ClN3O2S. The fraction of sp³-hybridized carbons (Fsp3) is 0.423. The minimum Gasteiger partial charge on any atom is -0.342 e. The van der Waals surface area contributed by atoms with Gasteiger partial charge in [-0.1, -0.05) is 67.5 Å². The molecule has 1 aliphatic rings. The summed E-state index contributed by atoms with van der Waals surface area (Å²) < 4.78 is 1.70. The van der Waals surface area contributed by atoms with Crippen LogP contribution in [0.2, 0.25) is 5.02 Å². The number of benzene rings is 2. The van der Waals surface area contributed by atoms with Crippen molar-refractivity contribution in [2.24, 2.45) is 11.8 Å². The molecule has 174 valence electrons. The van der Waals surface area contributed by atoms with Crippen LogP contribution in [0.3, 0.4) is 0 Å². The number of hydrogen-bond acceptors (Lipinski definition) is 4. The number of likely N-dealkylation sites (tertiary alicyclic amines) is 1. The van der Waals surface area contributed by atoms with Crippen molar-refractivity contribution < 1.29 is 4.79 Å². The first-order chi connectivity index (χ1) is 15.9. The molecule has 0 aliphatic carbocycles. The minimum absolute atomic E-state index is 0.0814. The molecule has 33 heavy (non-hydrogen) atoms. The molecule has 0 radical (unpaired) electrons. The molecule has 1 aromatic heterocycles. The predicted octanol–water partition coefficient (Wildman–Crippen LogP) is 5.28. The van der Waals surface area contributed by atoms with E-state index in [4.69, 9.17) is 16.6 Å². The topological polar surface area (TPSA) is 55.2 Å². The molecular weight excluding hydrogens is 454 g/mol. The van der Waals surface area contributed by atoms with Crippen LogP contribution in [0.1, 0.15) is 32.3 Å². The van der Waals surface area contributed by atoms with E-state index in [1.54, 1.807) is 22.8 Å². The van der Waals surface area contributed by atoms with Gasteiger partial charge in [0.15, 0.2) is 5.16 Å². The normalized spacial score (nSPS) is 14.8. The average Bonchev–Trinajstić information content (AvgIpc) is 2.80. The third-order valence-electron chi connectivity index (χ3n) is 6.09. The van der Waals surface area contributed by atoms with Gasteiger partial charge in [-0.3, -0.25) is 14.2 Å². The summed E-state index contributed by atoms with van der Waals surface area (Å²) >= 11 is 7.47. The summed E-state index contributed by atoms with van der Waals surface area (Å²) in [4.78, 5) is 32.7. The molecule has 2 heterocycles. The Morgan fingerprint density at radius 1 is 1.15 bits per heavy atom. The fourth-order valence-corrected chi connectivity index (χ4v) is 5.44. The number of aromatic nitrogens is 2. The van der Waals surface area contributed by atoms with Gasteiger partial charge >= 0.3 is 0 Å². The maximum atomic E-state index is 13.1. The Bertz CT molecular complexity index is 1170. The highest BCUT2D eigenvalue weighted by Crippen LogP contribution is 2.24. The van der Waals surface area contributed by atoms with Gasteiger partial charge in [-0.15, -0.1) is 0 Å². The van der Waals surface area contributed by atoms with Crippen LogP contribution in [0.5, 0.6) is 0 Å². The van der Waals surface area contributed by atoms with Gasteiger partial charge in [0.1, 0.15) is 0 Å². The Balaban J connectivity index is 1.41. The first-order valence-corrected chi connectivity index (χ1v) is 12.9. The molecule has 0 atom stereocenters. The molecule has 0 spiro atoms. The summed E-state index contributed by atoms with van der Waals surface area (Å²) in [6.07, 6.45) is 3.12. The lowest BCUT2D eigenvalue weighted by molar-refractivity contribution is -0.129. The molecule has 1 aliphatic heterocycles. The SMILES string of the molecule is CC(C)Cn1c(SCC(=O)N2CCC(Cc3ccccc3)CC2)nc2cc(Cl)ccc2c1=O. The molecule has 4 rings (SSSR count). The summed E-state index contributed by atoms with van der Waals surface area (Å²) in [5.41, 5.74) is 1.86. The van der Waals surface area contributed by atoms with Crippen LogP contribution in [0.15, 0.2) is 58.5 Å². The van der Waals surface area contributed by atoms with Gasteiger partial charge in [-0.05, 0) is 54.9 Å². The zero-order valence-electron chi connectivity index (χ0n) is 19.2. The van der Waals surface area contributed by atoms with Gasteiger partial charge in [0.25, 0.3) is 5.56 Å². The molecule has 0 unspecified atom stereocenters. The third-order valence-corrected chi connectivity index (χ3v) is 7.29. The summed E-state index contributed by atoms with van der Waals surface area (Å²) in [6, 6.07) is 15.7. The second kappa shape index (κ2) is 10.7. The van der Waals surface area contributed by atoms with Gasteiger partial charge in [0.05, 0.1) is 16.7 Å². The van der Waals surface area contributed by atoms with Crippen LogP contribution in [0.4, 0.5) is 0 Å². The summed E-state index contributed by atoms with van der Waals surface area (Å²) in [7, 11) is 0. The van der Waals surface area contributed by atoms with E-state index in [-0.39, 0.29) is 23.1 Å². The zero-order valence-corrected chi connectivity index (χ0v) is 20.7. The highest BCUT2D eigenvalue weighted by Gasteiger charge is 2.24. The van der Waals surface area contributed by atoms with E-state index < -0.39 is 0 Å². The lowest BCUT2D eigenvalue weighted by Crippen LogP contribution is -2.40. The zero-order chi connectivity index (χ0) is 23.4. The maximum Gasteiger partial charge on any atom is 0.262 e. The summed E-state index contributed by atoms with van der Waals surface area (Å²) in [6.45, 7) is 6.27. The number of piperidine rings is 1. The monoisotopic (exact) mass is 483 g/mol. The molecule has 2 aromatic carbocycles. The molecule has 1 fully saturated rings. The number of carbonyl (C=O) groups is 1. The van der Waals surface area contributed by atoms with Crippen LogP contribution in [-0.2, 0) is 17.8 Å². The fourth-order valence-electron chi connectivity index (χ4n) is 4.36. The van der Waals surface area contributed by atoms with Crippen molar-refractivity contribution in [3.05, 3.63) is 69.5 Å². The van der Waals surface area contributed by atoms with Crippen LogP contribution in [0.25, 0.3) is 10.9 Å². The Hall–Kier alpha value is -2.31. The average molecular weight is 484 g/mol. The number of halogens is 1. The lowest BCUT2D eigenvalue weighted by Gasteiger charge is -2.32. The van der Waals surface area contributed by atoms with E-state index in [2.05, 4.69) is 38.1 Å². The molecule has 5 nitrogen and oxygen atoms in total. The van der Waals surface area contributed by atoms with E-state index in [0.29, 0.717) is 33.5 Å². The van der Waals surface area contributed by atoms with Crippen LogP contribution in [-0.4, -0.2) is 39.2 Å². The largest absolute Gasteiger partial charge is 0.342 e. The van der Waals surface area contributed by atoms with Gasteiger partial charge in [0.2, 0.25) is 5.91 Å². The van der Waals surface area contributed by atoms with Crippen LogP contribution in [0, 0.1) is 11.8 Å². The Morgan fingerprint density at radius 2 is 1.88 bits per heavy atom. The minimum atomic E-state index is -0.0814. The first kappa shape index (κ1) is 23.8. The third kappa shape index (κ3) is 5.98. The highest BCUT2D eigenvalue weighted by molar-refractivity contribution is 7.99. The summed E-state index contributed by atoms with van der Waals surface area (Å²) in [5.74, 6) is 1.29. The Morgan fingerprint density at radius 3 is 2.58 bits per heavy atom. The number of fused-ring (bicyclic) bond motifs is 1. The Labute approximate surface area is 204 Å². The number of carbonyl (C=O) groups excluding carboxylic acids is 1. The number of nitrogens with zero attached hydrogens (tertiary/aromatic N) is 3. The van der Waals surface area contributed by atoms with E-state index >= 15 is 0 Å². The molecule has 0 N–H and O–H groups in total. The van der Waals surface area contributed by atoms with E-state index in [9.17, 15) is 9.59 Å². The van der Waals surface area contributed by atoms with Gasteiger partial charge in [-0.2, -0.15) is 0 Å². The second-order valence-electron chi connectivity index (χ2n) is 9.17. The van der Waals surface area contributed by atoms with Crippen LogP contribution < -0.4 is 5.56 Å². The Kier molecular flexibility index (Phi) is 7.76. The predicted molar refractivity (Wildman–Crippen MR) is 136 cm³/mol. The molecule has 7 heteroatoms. The second-order valence-corrected chi connectivity index (χ2v) is 10.5. The van der Waals surface area contributed by atoms with Crippen molar-refractivity contribution in [2.45, 2.75) is 44.8 Å². The standard InChI is InChI=1S/C26H30ClN3O2S/c1-18(2)16-30-25(32)22-9-8-21(27)15-23(22)28-26(30)33-17-24(31)29-12-10-20(11-13-29)14-19-6-4-3-5-7-19/h3-9,15,18,20H,10-14,16-17H2,1-2H3. The van der Waals surface area contributed by atoms with Gasteiger partial charge in [-0.25, -0.2) is 4.98 Å². The van der Waals surface area contributed by atoms with Crippen molar-refractivity contribution in [2.75, 3.05) is 18.8 Å². The number of amides is 1. The van der Waals surface area contributed by atoms with Gasteiger partial charge in [0, 0.05) is 24.7 Å². The smallest absolute Gasteiger partial charge is 0.262 e. The molecule has 0 saturated carbocycles. The van der Waals surface area contributed by atoms with Crippen LogP contribution >= 0.6 is 23.4 Å². The van der Waals surface area contributed by atoms with Crippen molar-refractivity contribution in [3.63, 3.8) is 0 Å². The first-order valence-electron chi connectivity index (χ1n) is 11.6. The van der Waals surface area contributed by atoms with Crippen molar-refractivity contribution in [1.82, 2.24) is 14.5 Å². The maximum absolute atomic E-state index is 13.1. The number of thioether (sulfide) groups is 1. The highest BCUT2D eigenvalue weighted by atomic mass is 35.5. The van der Waals surface area contributed by atoms with E-state index in [1.807, 2.05) is 11.0 Å². The van der Waals surface area contributed by atoms with E-state index in [1.165, 1.54) is 17.3 Å². The molecule has 1 saturated heterocycles. The van der Waals surface area contributed by atoms with Crippen molar-refractivity contribution in [3.8, 4) is 0 Å².